The highest BCUT2D eigenvalue weighted by atomic mass is 35.5. The minimum Gasteiger partial charge on any atom is -0.324 e. The van der Waals surface area contributed by atoms with Gasteiger partial charge in [-0.25, -0.2) is 13.9 Å². The summed E-state index contributed by atoms with van der Waals surface area (Å²) in [6.07, 6.45) is 0.230. The molecule has 3 rings (SSSR count). The first-order chi connectivity index (χ1) is 18.3. The third-order valence-corrected chi connectivity index (χ3v) is 7.34. The maximum atomic E-state index is 13.5. The number of hydrogen-bond donors (Lipinski definition) is 1. The lowest BCUT2D eigenvalue weighted by molar-refractivity contribution is -0.155. The number of anilines is 1. The fourth-order valence-electron chi connectivity index (χ4n) is 3.69. The van der Waals surface area contributed by atoms with Gasteiger partial charge < -0.3 is 13.3 Å². The number of carbonyl (C=O) groups excluding carboxylic acids is 2. The van der Waals surface area contributed by atoms with Crippen molar-refractivity contribution in [2.75, 3.05) is 24.9 Å². The van der Waals surface area contributed by atoms with E-state index in [2.05, 4.69) is 13.5 Å². The normalized spacial score (nSPS) is 12.5. The van der Waals surface area contributed by atoms with Crippen molar-refractivity contribution in [2.24, 2.45) is 5.14 Å². The molecule has 0 fully saturated rings. The van der Waals surface area contributed by atoms with E-state index in [0.717, 1.165) is 15.4 Å². The summed E-state index contributed by atoms with van der Waals surface area (Å²) in [5.41, 5.74) is 2.31. The molecule has 14 heteroatoms. The predicted octanol–water partition coefficient (Wildman–Crippen LogP) is 3.04. The zero-order chi connectivity index (χ0) is 28.8. The highest BCUT2D eigenvalue weighted by Crippen LogP contribution is 2.35. The van der Waals surface area contributed by atoms with E-state index in [4.69, 9.17) is 11.6 Å². The summed E-state index contributed by atoms with van der Waals surface area (Å²) < 4.78 is 58.3. The van der Waals surface area contributed by atoms with E-state index >= 15 is 0 Å². The molecule has 0 amide bonds. The average Bonchev–Trinajstić information content (AvgIpc) is 2.86. The fraction of sp³-hybridized carbons (Fsp3) is 0.200. The molecule has 208 valence electrons. The van der Waals surface area contributed by atoms with E-state index in [1.807, 2.05) is 35.2 Å². The molecule has 0 aliphatic heterocycles. The van der Waals surface area contributed by atoms with Crippen LogP contribution in [0.2, 0.25) is 5.02 Å². The SMILES string of the molecule is CN(C)CCC(c1ccc(Cl)cc1)N(c1ccc(-c2ccccc2)cc1)S(=O)(=O)OC(=O)C(=O)OS(N)(=O)=O. The van der Waals surface area contributed by atoms with Gasteiger partial charge in [0.25, 0.3) is 0 Å². The molecule has 0 saturated heterocycles. The van der Waals surface area contributed by atoms with Gasteiger partial charge in [-0.15, -0.1) is 0 Å². The van der Waals surface area contributed by atoms with Crippen LogP contribution < -0.4 is 9.44 Å². The van der Waals surface area contributed by atoms with Crippen molar-refractivity contribution in [3.8, 4) is 11.1 Å². The van der Waals surface area contributed by atoms with Crippen molar-refractivity contribution in [3.05, 3.63) is 89.4 Å². The smallest absolute Gasteiger partial charge is 0.324 e. The van der Waals surface area contributed by atoms with Gasteiger partial charge in [0.15, 0.2) is 0 Å². The molecule has 1 atom stereocenters. The molecule has 3 aromatic carbocycles. The van der Waals surface area contributed by atoms with E-state index < -0.39 is 38.6 Å². The second kappa shape index (κ2) is 12.6. The lowest BCUT2D eigenvalue weighted by atomic mass is 10.0. The third-order valence-electron chi connectivity index (χ3n) is 5.40. The van der Waals surface area contributed by atoms with Gasteiger partial charge in [-0.3, -0.25) is 0 Å². The van der Waals surface area contributed by atoms with Crippen LogP contribution in [0, 0.1) is 0 Å². The molecular weight excluding hydrogens is 570 g/mol. The summed E-state index contributed by atoms with van der Waals surface area (Å²) >= 11 is 6.04. The zero-order valence-electron chi connectivity index (χ0n) is 20.9. The summed E-state index contributed by atoms with van der Waals surface area (Å²) in [5.74, 6) is -4.20. The lowest BCUT2D eigenvalue weighted by Crippen LogP contribution is -2.40. The second-order valence-corrected chi connectivity index (χ2v) is 11.6. The molecule has 0 saturated carbocycles. The summed E-state index contributed by atoms with van der Waals surface area (Å²) in [7, 11) is -6.35. The first-order valence-corrected chi connectivity index (χ1v) is 14.6. The molecule has 11 nitrogen and oxygen atoms in total. The molecular formula is C25H26ClN3O8S2. The molecule has 0 spiro atoms. The maximum Gasteiger partial charge on any atom is 0.435 e. The van der Waals surface area contributed by atoms with Crippen molar-refractivity contribution in [1.29, 1.82) is 0 Å². The minimum atomic E-state index is -5.06. The zero-order valence-corrected chi connectivity index (χ0v) is 23.3. The van der Waals surface area contributed by atoms with Crippen molar-refractivity contribution < 1.29 is 34.8 Å². The number of benzene rings is 3. The molecule has 39 heavy (non-hydrogen) atoms. The summed E-state index contributed by atoms with van der Waals surface area (Å²) in [6, 6.07) is 21.3. The number of hydrogen-bond acceptors (Lipinski definition) is 9. The Balaban J connectivity index is 2.10. The van der Waals surface area contributed by atoms with Crippen LogP contribution in [0.3, 0.4) is 0 Å². The number of rotatable bonds is 10. The minimum absolute atomic E-state index is 0.112. The Labute approximate surface area is 232 Å². The Hall–Kier alpha value is -3.49. The van der Waals surface area contributed by atoms with Gasteiger partial charge in [0.1, 0.15) is 0 Å². The molecule has 0 aromatic heterocycles. The van der Waals surface area contributed by atoms with Crippen LogP contribution in [0.4, 0.5) is 5.69 Å². The van der Waals surface area contributed by atoms with Crippen LogP contribution in [0.1, 0.15) is 18.0 Å². The molecule has 0 bridgehead atoms. The maximum absolute atomic E-state index is 13.5. The van der Waals surface area contributed by atoms with Crippen molar-refractivity contribution in [2.45, 2.75) is 12.5 Å². The summed E-state index contributed by atoms with van der Waals surface area (Å²) in [6.45, 7) is 0.419. The largest absolute Gasteiger partial charge is 0.435 e. The Morgan fingerprint density at radius 3 is 1.90 bits per heavy atom. The standard InChI is InChI=1S/C25H26ClN3O8S2/c1-28(2)17-16-23(20-8-12-21(26)13-9-20)29(39(34,35)37-25(31)24(30)36-38(27,32)33)22-14-10-19(11-15-22)18-6-4-3-5-7-18/h3-15,23H,16-17H2,1-2H3,(H2,27,32,33). The van der Waals surface area contributed by atoms with Gasteiger partial charge >= 0.3 is 32.5 Å². The van der Waals surface area contributed by atoms with Crippen LogP contribution in [-0.4, -0.2) is 54.3 Å². The predicted molar refractivity (Wildman–Crippen MR) is 146 cm³/mol. The van der Waals surface area contributed by atoms with E-state index in [0.29, 0.717) is 17.1 Å². The van der Waals surface area contributed by atoms with Crippen LogP contribution in [0.15, 0.2) is 78.9 Å². The van der Waals surface area contributed by atoms with Crippen molar-refractivity contribution in [1.82, 2.24) is 4.90 Å². The van der Waals surface area contributed by atoms with Gasteiger partial charge in [-0.1, -0.05) is 66.2 Å². The first kappa shape index (κ1) is 30.1. The highest BCUT2D eigenvalue weighted by Gasteiger charge is 2.37. The Bertz CT molecular complexity index is 1510. The van der Waals surface area contributed by atoms with Crippen LogP contribution in [0.5, 0.6) is 0 Å². The Kier molecular flexibility index (Phi) is 9.69. The van der Waals surface area contributed by atoms with E-state index in [-0.39, 0.29) is 12.1 Å². The number of carbonyl (C=O) groups is 2. The van der Waals surface area contributed by atoms with Crippen LogP contribution in [-0.2, 0) is 38.6 Å². The Morgan fingerprint density at radius 1 is 0.821 bits per heavy atom. The van der Waals surface area contributed by atoms with Crippen molar-refractivity contribution in [3.63, 3.8) is 0 Å². The van der Waals surface area contributed by atoms with Gasteiger partial charge in [0.05, 0.1) is 11.7 Å². The average molecular weight is 596 g/mol. The molecule has 2 N–H and O–H groups in total. The van der Waals surface area contributed by atoms with Gasteiger partial charge in [0.2, 0.25) is 0 Å². The first-order valence-electron chi connectivity index (χ1n) is 11.4. The van der Waals surface area contributed by atoms with Crippen LogP contribution >= 0.6 is 11.6 Å². The topological polar surface area (TPSA) is 153 Å². The van der Waals surface area contributed by atoms with E-state index in [1.54, 1.807) is 50.5 Å². The molecule has 1 unspecified atom stereocenters. The second-order valence-electron chi connectivity index (χ2n) is 8.56. The molecule has 0 heterocycles. The number of nitrogens with zero attached hydrogens (tertiary/aromatic N) is 2. The van der Waals surface area contributed by atoms with Crippen molar-refractivity contribution >= 4 is 49.8 Å². The van der Waals surface area contributed by atoms with Crippen LogP contribution in [0.25, 0.3) is 11.1 Å². The highest BCUT2D eigenvalue weighted by molar-refractivity contribution is 7.88. The summed E-state index contributed by atoms with van der Waals surface area (Å²) in [5, 5.41) is 5.02. The molecule has 0 radical (unpaired) electrons. The Morgan fingerprint density at radius 2 is 1.36 bits per heavy atom. The van der Waals surface area contributed by atoms with E-state index in [1.165, 1.54) is 12.1 Å². The number of nitrogens with two attached hydrogens (primary N) is 1. The fourth-order valence-corrected chi connectivity index (χ4v) is 5.35. The van der Waals surface area contributed by atoms with E-state index in [9.17, 15) is 26.4 Å². The monoisotopic (exact) mass is 595 g/mol. The molecule has 3 aromatic rings. The lowest BCUT2D eigenvalue weighted by Gasteiger charge is -2.32. The van der Waals surface area contributed by atoms with Gasteiger partial charge in [-0.05, 0) is 68.0 Å². The quantitative estimate of drug-likeness (QED) is 0.348. The van der Waals surface area contributed by atoms with Gasteiger partial charge in [0, 0.05) is 5.02 Å². The number of halogens is 1. The third kappa shape index (κ3) is 8.50. The summed E-state index contributed by atoms with van der Waals surface area (Å²) in [4.78, 5) is 25.9. The molecule has 0 aliphatic rings. The van der Waals surface area contributed by atoms with Gasteiger partial charge in [-0.2, -0.15) is 22.0 Å². The molecule has 0 aliphatic carbocycles.